The predicted octanol–water partition coefficient (Wildman–Crippen LogP) is 3.27. The summed E-state index contributed by atoms with van der Waals surface area (Å²) in [5, 5.41) is 3.11. The summed E-state index contributed by atoms with van der Waals surface area (Å²) in [5.74, 6) is 1.51. The fourth-order valence-corrected chi connectivity index (χ4v) is 2.67. The largest absolute Gasteiger partial charge is 0.355 e. The minimum atomic E-state index is 0.103. The second-order valence-electron chi connectivity index (χ2n) is 4.80. The number of benzene rings is 1. The third-order valence-electron chi connectivity index (χ3n) is 3.11. The molecule has 20 heavy (non-hydrogen) atoms. The molecule has 0 aliphatic rings. The van der Waals surface area contributed by atoms with Crippen molar-refractivity contribution in [2.24, 2.45) is 0 Å². The van der Waals surface area contributed by atoms with E-state index in [1.165, 1.54) is 0 Å². The molecule has 0 radical (unpaired) electrons. The fourth-order valence-electron chi connectivity index (χ4n) is 1.90. The van der Waals surface area contributed by atoms with Crippen molar-refractivity contribution in [1.29, 1.82) is 0 Å². The van der Waals surface area contributed by atoms with E-state index in [9.17, 15) is 4.79 Å². The number of hydrogen-bond donors (Lipinski definition) is 2. The molecule has 1 heterocycles. The SMILES string of the molecule is CCCCNC(=O)CSC(C)c1nc2ccccc2[nH]1. The Kier molecular flexibility index (Phi) is 5.47. The summed E-state index contributed by atoms with van der Waals surface area (Å²) in [4.78, 5) is 19.5. The summed E-state index contributed by atoms with van der Waals surface area (Å²) in [6, 6.07) is 7.97. The van der Waals surface area contributed by atoms with E-state index in [2.05, 4.69) is 29.1 Å². The van der Waals surface area contributed by atoms with Crippen molar-refractivity contribution in [3.63, 3.8) is 0 Å². The molecule has 0 fully saturated rings. The van der Waals surface area contributed by atoms with Crippen LogP contribution in [-0.2, 0) is 4.79 Å². The Hall–Kier alpha value is -1.49. The standard InChI is InChI=1S/C15H21N3OS/c1-3-4-9-16-14(19)10-20-11(2)15-17-12-7-5-6-8-13(12)18-15/h5-8,11H,3-4,9-10H2,1-2H3,(H,16,19)(H,17,18). The lowest BCUT2D eigenvalue weighted by molar-refractivity contribution is -0.118. The summed E-state index contributed by atoms with van der Waals surface area (Å²) >= 11 is 1.61. The van der Waals surface area contributed by atoms with Gasteiger partial charge in [-0.05, 0) is 25.5 Å². The number of H-pyrrole nitrogens is 1. The van der Waals surface area contributed by atoms with E-state index >= 15 is 0 Å². The molecule has 2 rings (SSSR count). The average Bonchev–Trinajstić information content (AvgIpc) is 2.89. The number of hydrogen-bond acceptors (Lipinski definition) is 3. The number of aromatic nitrogens is 2. The third-order valence-corrected chi connectivity index (χ3v) is 4.26. The van der Waals surface area contributed by atoms with Crippen LogP contribution in [0.4, 0.5) is 0 Å². The summed E-state index contributed by atoms with van der Waals surface area (Å²) in [6.45, 7) is 4.96. The van der Waals surface area contributed by atoms with Crippen LogP contribution in [0.25, 0.3) is 11.0 Å². The second-order valence-corrected chi connectivity index (χ2v) is 6.13. The van der Waals surface area contributed by atoms with Gasteiger partial charge in [0.1, 0.15) is 5.82 Å². The van der Waals surface area contributed by atoms with Crippen LogP contribution in [0.3, 0.4) is 0 Å². The van der Waals surface area contributed by atoms with Crippen LogP contribution in [0.5, 0.6) is 0 Å². The number of thioether (sulfide) groups is 1. The highest BCUT2D eigenvalue weighted by Crippen LogP contribution is 2.27. The third kappa shape index (κ3) is 4.00. The maximum Gasteiger partial charge on any atom is 0.230 e. The summed E-state index contributed by atoms with van der Waals surface area (Å²) < 4.78 is 0. The number of fused-ring (bicyclic) bond motifs is 1. The van der Waals surface area contributed by atoms with E-state index in [-0.39, 0.29) is 11.2 Å². The first-order chi connectivity index (χ1) is 9.70. The lowest BCUT2D eigenvalue weighted by Crippen LogP contribution is -2.26. The van der Waals surface area contributed by atoms with Gasteiger partial charge in [0, 0.05) is 6.54 Å². The molecule has 0 saturated heterocycles. The number of amides is 1. The molecule has 0 aliphatic carbocycles. The first-order valence-corrected chi connectivity index (χ1v) is 8.08. The molecule has 108 valence electrons. The van der Waals surface area contributed by atoms with Crippen molar-refractivity contribution in [3.8, 4) is 0 Å². The van der Waals surface area contributed by atoms with Gasteiger partial charge in [-0.1, -0.05) is 25.5 Å². The van der Waals surface area contributed by atoms with Gasteiger partial charge < -0.3 is 10.3 Å². The number of nitrogens with one attached hydrogen (secondary N) is 2. The van der Waals surface area contributed by atoms with Gasteiger partial charge in [-0.15, -0.1) is 11.8 Å². The maximum absolute atomic E-state index is 11.7. The van der Waals surface area contributed by atoms with Crippen molar-refractivity contribution in [2.45, 2.75) is 31.9 Å². The van der Waals surface area contributed by atoms with Crippen molar-refractivity contribution in [1.82, 2.24) is 15.3 Å². The molecule has 1 atom stereocenters. The number of rotatable bonds is 7. The molecule has 5 heteroatoms. The quantitative estimate of drug-likeness (QED) is 0.770. The lowest BCUT2D eigenvalue weighted by atomic mass is 10.3. The van der Waals surface area contributed by atoms with Gasteiger partial charge in [0.15, 0.2) is 0 Å². The van der Waals surface area contributed by atoms with Crippen molar-refractivity contribution < 1.29 is 4.79 Å². The van der Waals surface area contributed by atoms with E-state index < -0.39 is 0 Å². The lowest BCUT2D eigenvalue weighted by Gasteiger charge is -2.08. The van der Waals surface area contributed by atoms with Crippen LogP contribution in [0, 0.1) is 0 Å². The molecule has 1 aromatic carbocycles. The molecule has 0 spiro atoms. The van der Waals surface area contributed by atoms with E-state index in [1.807, 2.05) is 24.3 Å². The van der Waals surface area contributed by atoms with Crippen molar-refractivity contribution in [2.75, 3.05) is 12.3 Å². The van der Waals surface area contributed by atoms with Gasteiger partial charge in [-0.25, -0.2) is 4.98 Å². The van der Waals surface area contributed by atoms with Crippen LogP contribution < -0.4 is 5.32 Å². The Morgan fingerprint density at radius 2 is 2.25 bits per heavy atom. The first-order valence-electron chi connectivity index (χ1n) is 7.03. The van der Waals surface area contributed by atoms with Crippen LogP contribution in [0.2, 0.25) is 0 Å². The Balaban J connectivity index is 1.85. The number of aromatic amines is 1. The summed E-state index contributed by atoms with van der Waals surface area (Å²) in [6.07, 6.45) is 2.14. The number of imidazole rings is 1. The molecular formula is C15H21N3OS. The molecule has 1 unspecified atom stereocenters. The zero-order valence-corrected chi connectivity index (χ0v) is 12.8. The molecule has 0 saturated carbocycles. The van der Waals surface area contributed by atoms with E-state index in [0.29, 0.717) is 5.75 Å². The average molecular weight is 291 g/mol. The monoisotopic (exact) mass is 291 g/mol. The molecule has 0 aliphatic heterocycles. The minimum absolute atomic E-state index is 0.103. The van der Waals surface area contributed by atoms with Crippen LogP contribution in [-0.4, -0.2) is 28.2 Å². The predicted molar refractivity (Wildman–Crippen MR) is 84.9 cm³/mol. The van der Waals surface area contributed by atoms with Gasteiger partial charge in [0.2, 0.25) is 5.91 Å². The minimum Gasteiger partial charge on any atom is -0.355 e. The molecule has 4 nitrogen and oxygen atoms in total. The van der Waals surface area contributed by atoms with Gasteiger partial charge in [-0.3, -0.25) is 4.79 Å². The zero-order chi connectivity index (χ0) is 14.4. The zero-order valence-electron chi connectivity index (χ0n) is 12.0. The molecule has 1 aromatic heterocycles. The molecule has 0 bridgehead atoms. The van der Waals surface area contributed by atoms with Gasteiger partial charge >= 0.3 is 0 Å². The second kappa shape index (κ2) is 7.33. The van der Waals surface area contributed by atoms with Crippen LogP contribution in [0.1, 0.15) is 37.8 Å². The fraction of sp³-hybridized carbons (Fsp3) is 0.467. The Labute approximate surface area is 123 Å². The van der Waals surface area contributed by atoms with Crippen molar-refractivity contribution in [3.05, 3.63) is 30.1 Å². The van der Waals surface area contributed by atoms with E-state index in [4.69, 9.17) is 0 Å². The van der Waals surface area contributed by atoms with E-state index in [1.54, 1.807) is 11.8 Å². The number of carbonyl (C=O) groups is 1. The molecule has 2 N–H and O–H groups in total. The Morgan fingerprint density at radius 3 is 3.00 bits per heavy atom. The highest BCUT2D eigenvalue weighted by atomic mass is 32.2. The Morgan fingerprint density at radius 1 is 1.45 bits per heavy atom. The maximum atomic E-state index is 11.7. The highest BCUT2D eigenvalue weighted by Gasteiger charge is 2.12. The number of carbonyl (C=O) groups excluding carboxylic acids is 1. The van der Waals surface area contributed by atoms with Crippen molar-refractivity contribution >= 4 is 28.7 Å². The number of unbranched alkanes of at least 4 members (excludes halogenated alkanes) is 1. The summed E-state index contributed by atoms with van der Waals surface area (Å²) in [5.41, 5.74) is 2.02. The number of para-hydroxylation sites is 2. The smallest absolute Gasteiger partial charge is 0.230 e. The topological polar surface area (TPSA) is 57.8 Å². The van der Waals surface area contributed by atoms with Gasteiger partial charge in [0.05, 0.1) is 22.0 Å². The molecular weight excluding hydrogens is 270 g/mol. The summed E-state index contributed by atoms with van der Waals surface area (Å²) in [7, 11) is 0. The first kappa shape index (κ1) is 14.9. The van der Waals surface area contributed by atoms with Gasteiger partial charge in [0.25, 0.3) is 0 Å². The highest BCUT2D eigenvalue weighted by molar-refractivity contribution is 8.00. The van der Waals surface area contributed by atoms with Crippen LogP contribution in [0.15, 0.2) is 24.3 Å². The van der Waals surface area contributed by atoms with Crippen LogP contribution >= 0.6 is 11.8 Å². The molecule has 1 amide bonds. The Bertz CT molecular complexity index is 534. The normalized spacial score (nSPS) is 12.5. The van der Waals surface area contributed by atoms with E-state index in [0.717, 1.165) is 36.2 Å². The number of nitrogens with zero attached hydrogens (tertiary/aromatic N) is 1. The van der Waals surface area contributed by atoms with Gasteiger partial charge in [-0.2, -0.15) is 0 Å². The molecule has 2 aromatic rings.